The minimum Gasteiger partial charge on any atom is -0.398 e. The van der Waals surface area contributed by atoms with Gasteiger partial charge in [0.25, 0.3) is 0 Å². The number of benzene rings is 2. The van der Waals surface area contributed by atoms with Gasteiger partial charge in [-0.15, -0.1) is 0 Å². The molecule has 3 rings (SSSR count). The van der Waals surface area contributed by atoms with Crippen LogP contribution in [-0.4, -0.2) is 30.3 Å². The number of hydrogen-bond acceptors (Lipinski definition) is 3. The van der Waals surface area contributed by atoms with E-state index in [0.717, 1.165) is 33.2 Å². The fraction of sp³-hybridized carbons (Fsp3) is 0.200. The lowest BCUT2D eigenvalue weighted by molar-refractivity contribution is 0.304. The summed E-state index contributed by atoms with van der Waals surface area (Å²) in [5, 5.41) is 11.3. The number of aliphatic hydroxyl groups excluding tert-OH is 1. The van der Waals surface area contributed by atoms with Crippen molar-refractivity contribution in [2.24, 2.45) is 0 Å². The molecule has 0 atom stereocenters. The number of nitrogen functional groups attached to an aromatic ring is 1. The molecule has 4 N–H and O–H groups in total. The van der Waals surface area contributed by atoms with E-state index in [1.165, 1.54) is 0 Å². The Morgan fingerprint density at radius 3 is 2.79 bits per heavy atom. The van der Waals surface area contributed by atoms with Crippen LogP contribution in [0.2, 0.25) is 0 Å². The van der Waals surface area contributed by atoms with E-state index >= 15 is 0 Å². The van der Waals surface area contributed by atoms with E-state index in [0.29, 0.717) is 6.54 Å². The Morgan fingerprint density at radius 2 is 2.00 bits per heavy atom. The molecule has 0 spiro atoms. The third-order valence-corrected chi connectivity index (χ3v) is 3.52. The lowest BCUT2D eigenvalue weighted by Gasteiger charge is -2.19. The minimum atomic E-state index is 0.128. The van der Waals surface area contributed by atoms with E-state index in [1.807, 2.05) is 42.3 Å². The summed E-state index contributed by atoms with van der Waals surface area (Å²) in [6, 6.07) is 12.0. The summed E-state index contributed by atoms with van der Waals surface area (Å²) in [6.07, 6.45) is 0. The van der Waals surface area contributed by atoms with E-state index in [4.69, 9.17) is 10.8 Å². The average molecular weight is 255 g/mol. The van der Waals surface area contributed by atoms with Gasteiger partial charge in [-0.1, -0.05) is 18.2 Å². The monoisotopic (exact) mass is 255 g/mol. The number of aromatic amines is 1. The number of aliphatic hydroxyl groups is 1. The van der Waals surface area contributed by atoms with Crippen LogP contribution in [0.5, 0.6) is 0 Å². The van der Waals surface area contributed by atoms with Gasteiger partial charge in [0.1, 0.15) is 0 Å². The van der Waals surface area contributed by atoms with Crippen molar-refractivity contribution in [1.82, 2.24) is 4.98 Å². The summed E-state index contributed by atoms with van der Waals surface area (Å²) in [5.74, 6) is 0. The highest BCUT2D eigenvalue weighted by Gasteiger charge is 2.12. The van der Waals surface area contributed by atoms with Crippen molar-refractivity contribution >= 4 is 33.2 Å². The number of fused-ring (bicyclic) bond motifs is 3. The van der Waals surface area contributed by atoms with E-state index in [1.54, 1.807) is 0 Å². The largest absolute Gasteiger partial charge is 0.398 e. The van der Waals surface area contributed by atoms with E-state index < -0.39 is 0 Å². The Labute approximate surface area is 111 Å². The standard InChI is InChI=1S/C15H17N3O/c1-18(8-9-19)13-7-6-11(16)14-10-4-2-3-5-12(10)17-15(13)14/h2-7,17,19H,8-9,16H2,1H3. The highest BCUT2D eigenvalue weighted by atomic mass is 16.3. The molecule has 0 saturated heterocycles. The van der Waals surface area contributed by atoms with Crippen LogP contribution in [0, 0.1) is 0 Å². The van der Waals surface area contributed by atoms with Crippen molar-refractivity contribution in [1.29, 1.82) is 0 Å². The van der Waals surface area contributed by atoms with Gasteiger partial charge in [-0.2, -0.15) is 0 Å². The molecule has 19 heavy (non-hydrogen) atoms. The van der Waals surface area contributed by atoms with Gasteiger partial charge in [0, 0.05) is 35.6 Å². The average Bonchev–Trinajstić information content (AvgIpc) is 2.79. The van der Waals surface area contributed by atoms with Crippen LogP contribution in [0.1, 0.15) is 0 Å². The zero-order valence-corrected chi connectivity index (χ0v) is 10.9. The van der Waals surface area contributed by atoms with Crippen molar-refractivity contribution in [3.05, 3.63) is 36.4 Å². The normalized spacial score (nSPS) is 11.3. The van der Waals surface area contributed by atoms with Crippen LogP contribution >= 0.6 is 0 Å². The first-order chi connectivity index (χ1) is 9.22. The predicted molar refractivity (Wildman–Crippen MR) is 80.6 cm³/mol. The molecule has 4 nitrogen and oxygen atoms in total. The summed E-state index contributed by atoms with van der Waals surface area (Å²) in [6.45, 7) is 0.719. The number of aromatic nitrogens is 1. The molecule has 2 aromatic carbocycles. The summed E-state index contributed by atoms with van der Waals surface area (Å²) in [7, 11) is 1.96. The predicted octanol–water partition coefficient (Wildman–Crippen LogP) is 2.33. The summed E-state index contributed by atoms with van der Waals surface area (Å²) in [5.41, 5.74) is 10.0. The first-order valence-corrected chi connectivity index (χ1v) is 6.33. The first-order valence-electron chi connectivity index (χ1n) is 6.33. The van der Waals surface area contributed by atoms with Gasteiger partial charge < -0.3 is 20.7 Å². The Hall–Kier alpha value is -2.20. The number of H-pyrrole nitrogens is 1. The number of hydrogen-bond donors (Lipinski definition) is 3. The number of nitrogens with one attached hydrogen (secondary N) is 1. The molecule has 0 aliphatic rings. The van der Waals surface area contributed by atoms with Crippen LogP contribution in [0.4, 0.5) is 11.4 Å². The molecule has 0 saturated carbocycles. The van der Waals surface area contributed by atoms with E-state index in [2.05, 4.69) is 11.1 Å². The van der Waals surface area contributed by atoms with Gasteiger partial charge >= 0.3 is 0 Å². The topological polar surface area (TPSA) is 65.3 Å². The van der Waals surface area contributed by atoms with Crippen LogP contribution in [0.15, 0.2) is 36.4 Å². The van der Waals surface area contributed by atoms with Crippen LogP contribution < -0.4 is 10.6 Å². The van der Waals surface area contributed by atoms with Gasteiger partial charge in [0.2, 0.25) is 0 Å². The first kappa shape index (κ1) is 11.9. The molecule has 0 fully saturated rings. The number of nitrogens with two attached hydrogens (primary N) is 1. The van der Waals surface area contributed by atoms with Crippen molar-refractivity contribution in [3.63, 3.8) is 0 Å². The molecule has 1 heterocycles. The molecule has 0 aliphatic carbocycles. The maximum absolute atomic E-state index is 9.09. The zero-order chi connectivity index (χ0) is 13.4. The molecule has 4 heteroatoms. The van der Waals surface area contributed by atoms with Gasteiger partial charge in [-0.25, -0.2) is 0 Å². The highest BCUT2D eigenvalue weighted by Crippen LogP contribution is 2.35. The molecule has 98 valence electrons. The SMILES string of the molecule is CN(CCO)c1ccc(N)c2c1[nH]c1ccccc12. The summed E-state index contributed by atoms with van der Waals surface area (Å²) >= 11 is 0. The number of nitrogens with zero attached hydrogens (tertiary/aromatic N) is 1. The molecular weight excluding hydrogens is 238 g/mol. The van der Waals surface area contributed by atoms with Crippen LogP contribution in [0.25, 0.3) is 21.8 Å². The molecule has 3 aromatic rings. The fourth-order valence-corrected chi connectivity index (χ4v) is 2.56. The molecule has 0 amide bonds. The molecule has 0 bridgehead atoms. The van der Waals surface area contributed by atoms with E-state index in [9.17, 15) is 0 Å². The molecular formula is C15H17N3O. The van der Waals surface area contributed by atoms with Crippen LogP contribution in [0.3, 0.4) is 0 Å². The van der Waals surface area contributed by atoms with Gasteiger partial charge in [0.15, 0.2) is 0 Å². The van der Waals surface area contributed by atoms with Crippen LogP contribution in [-0.2, 0) is 0 Å². The third-order valence-electron chi connectivity index (χ3n) is 3.52. The Morgan fingerprint density at radius 1 is 1.21 bits per heavy atom. The summed E-state index contributed by atoms with van der Waals surface area (Å²) in [4.78, 5) is 5.45. The zero-order valence-electron chi connectivity index (χ0n) is 10.9. The number of anilines is 2. The van der Waals surface area contributed by atoms with Crippen molar-refractivity contribution in [2.45, 2.75) is 0 Å². The number of likely N-dealkylation sites (N-methyl/N-ethyl adjacent to an activating group) is 1. The molecule has 0 unspecified atom stereocenters. The Bertz CT molecular complexity index is 733. The second-order valence-electron chi connectivity index (χ2n) is 4.74. The summed E-state index contributed by atoms with van der Waals surface area (Å²) < 4.78 is 0. The molecule has 0 aliphatic heterocycles. The van der Waals surface area contributed by atoms with Gasteiger partial charge in [0.05, 0.1) is 17.8 Å². The molecule has 1 aromatic heterocycles. The van der Waals surface area contributed by atoms with Gasteiger partial charge in [-0.3, -0.25) is 0 Å². The number of rotatable bonds is 3. The van der Waals surface area contributed by atoms with Crippen molar-refractivity contribution < 1.29 is 5.11 Å². The minimum absolute atomic E-state index is 0.128. The maximum atomic E-state index is 9.09. The maximum Gasteiger partial charge on any atom is 0.0723 e. The quantitative estimate of drug-likeness (QED) is 0.629. The Balaban J connectivity index is 2.33. The van der Waals surface area contributed by atoms with E-state index in [-0.39, 0.29) is 6.61 Å². The smallest absolute Gasteiger partial charge is 0.0723 e. The Kier molecular flexibility index (Phi) is 2.80. The molecule has 0 radical (unpaired) electrons. The highest BCUT2D eigenvalue weighted by molar-refractivity contribution is 6.16. The second kappa shape index (κ2) is 4.48. The fourth-order valence-electron chi connectivity index (χ4n) is 2.56. The van der Waals surface area contributed by atoms with Crippen molar-refractivity contribution in [3.8, 4) is 0 Å². The number of para-hydroxylation sites is 1. The lowest BCUT2D eigenvalue weighted by atomic mass is 10.1. The third kappa shape index (κ3) is 1.81. The lowest BCUT2D eigenvalue weighted by Crippen LogP contribution is -2.21. The van der Waals surface area contributed by atoms with Gasteiger partial charge in [-0.05, 0) is 18.2 Å². The van der Waals surface area contributed by atoms with Crippen molar-refractivity contribution in [2.75, 3.05) is 30.8 Å². The second-order valence-corrected chi connectivity index (χ2v) is 4.74.